The Bertz CT molecular complexity index is 852. The Labute approximate surface area is 144 Å². The van der Waals surface area contributed by atoms with Crippen LogP contribution >= 0.6 is 24.0 Å². The fraction of sp³-hybridized carbons (Fsp3) is 0.176. The molecule has 1 aromatic carbocycles. The number of amides is 1. The molecule has 2 aromatic rings. The minimum absolute atomic E-state index is 0.0765. The van der Waals surface area contributed by atoms with E-state index in [1.54, 1.807) is 19.2 Å². The number of para-hydroxylation sites is 2. The summed E-state index contributed by atoms with van der Waals surface area (Å²) in [6.07, 6.45) is 1.86. The minimum Gasteiger partial charge on any atom is -0.506 e. The van der Waals surface area contributed by atoms with Gasteiger partial charge in [0.05, 0.1) is 10.6 Å². The molecule has 1 saturated heterocycles. The van der Waals surface area contributed by atoms with Gasteiger partial charge < -0.3 is 9.67 Å². The average Bonchev–Trinajstić information content (AvgIpc) is 2.92. The molecule has 1 amide bonds. The summed E-state index contributed by atoms with van der Waals surface area (Å²) >= 11 is 6.47. The number of thiocarbonyl (C=S) groups is 1. The van der Waals surface area contributed by atoms with E-state index in [0.717, 1.165) is 22.6 Å². The second kappa shape index (κ2) is 5.86. The van der Waals surface area contributed by atoms with Crippen molar-refractivity contribution in [2.24, 2.45) is 0 Å². The Morgan fingerprint density at radius 1 is 1.26 bits per heavy atom. The van der Waals surface area contributed by atoms with Crippen molar-refractivity contribution in [1.29, 1.82) is 0 Å². The Morgan fingerprint density at radius 3 is 2.57 bits per heavy atom. The third-order valence-corrected chi connectivity index (χ3v) is 5.35. The molecule has 3 rings (SSSR count). The van der Waals surface area contributed by atoms with Gasteiger partial charge in [0.1, 0.15) is 10.1 Å². The number of rotatable bonds is 2. The van der Waals surface area contributed by atoms with Crippen LogP contribution in [0.2, 0.25) is 0 Å². The van der Waals surface area contributed by atoms with E-state index in [2.05, 4.69) is 0 Å². The molecule has 0 radical (unpaired) electrons. The summed E-state index contributed by atoms with van der Waals surface area (Å²) in [6.45, 7) is 3.94. The maximum absolute atomic E-state index is 12.1. The summed E-state index contributed by atoms with van der Waals surface area (Å²) in [5.41, 5.74) is 3.62. The lowest BCUT2D eigenvalue weighted by molar-refractivity contribution is -0.121. The first-order valence-corrected chi connectivity index (χ1v) is 8.31. The van der Waals surface area contributed by atoms with Crippen molar-refractivity contribution in [2.45, 2.75) is 13.8 Å². The third-order valence-electron chi connectivity index (χ3n) is 3.87. The number of aromatic nitrogens is 1. The van der Waals surface area contributed by atoms with E-state index in [1.807, 2.05) is 42.7 Å². The molecule has 1 aromatic heterocycles. The summed E-state index contributed by atoms with van der Waals surface area (Å²) in [6, 6.07) is 9.21. The molecule has 118 valence electrons. The number of thioether (sulfide) groups is 1. The monoisotopic (exact) mass is 344 g/mol. The maximum atomic E-state index is 12.1. The smallest absolute Gasteiger partial charge is 0.265 e. The third kappa shape index (κ3) is 2.68. The molecule has 23 heavy (non-hydrogen) atoms. The van der Waals surface area contributed by atoms with Gasteiger partial charge in [0.15, 0.2) is 0 Å². The lowest BCUT2D eigenvalue weighted by Crippen LogP contribution is -2.22. The molecular formula is C17H16N2O2S2. The van der Waals surface area contributed by atoms with E-state index in [-0.39, 0.29) is 11.7 Å². The van der Waals surface area contributed by atoms with Crippen LogP contribution in [0.4, 0.5) is 0 Å². The number of aromatic hydroxyl groups is 1. The van der Waals surface area contributed by atoms with Gasteiger partial charge in [-0.3, -0.25) is 9.69 Å². The van der Waals surface area contributed by atoms with Crippen LogP contribution in [0.1, 0.15) is 17.0 Å². The number of carbonyl (C=O) groups excluding carboxylic acids is 1. The van der Waals surface area contributed by atoms with E-state index in [4.69, 9.17) is 12.2 Å². The highest BCUT2D eigenvalue weighted by atomic mass is 32.2. The molecule has 0 saturated carbocycles. The number of aryl methyl sites for hydroxylation is 1. The summed E-state index contributed by atoms with van der Waals surface area (Å²) in [5.74, 6) is 0.146. The zero-order valence-corrected chi connectivity index (χ0v) is 14.7. The molecule has 6 heteroatoms. The van der Waals surface area contributed by atoms with E-state index >= 15 is 0 Å². The first-order valence-electron chi connectivity index (χ1n) is 7.09. The van der Waals surface area contributed by atoms with Crippen molar-refractivity contribution in [3.63, 3.8) is 0 Å². The number of likely N-dealkylation sites (N-methyl/N-ethyl adjacent to an activating group) is 1. The van der Waals surface area contributed by atoms with Crippen LogP contribution in [0, 0.1) is 13.8 Å². The quantitative estimate of drug-likeness (QED) is 0.667. The van der Waals surface area contributed by atoms with Crippen molar-refractivity contribution in [1.82, 2.24) is 9.47 Å². The summed E-state index contributed by atoms with van der Waals surface area (Å²) in [4.78, 5) is 14.3. The molecular weight excluding hydrogens is 328 g/mol. The van der Waals surface area contributed by atoms with E-state index < -0.39 is 0 Å². The first-order chi connectivity index (χ1) is 10.9. The van der Waals surface area contributed by atoms with Gasteiger partial charge in [0.2, 0.25) is 0 Å². The van der Waals surface area contributed by atoms with Gasteiger partial charge >= 0.3 is 0 Å². The summed E-state index contributed by atoms with van der Waals surface area (Å²) in [5, 5.41) is 10.1. The predicted molar refractivity (Wildman–Crippen MR) is 97.8 cm³/mol. The fourth-order valence-electron chi connectivity index (χ4n) is 2.64. The van der Waals surface area contributed by atoms with E-state index in [9.17, 15) is 9.90 Å². The fourth-order valence-corrected chi connectivity index (χ4v) is 3.81. The number of hydrogen-bond acceptors (Lipinski definition) is 4. The maximum Gasteiger partial charge on any atom is 0.265 e. The SMILES string of the molecule is Cc1cc(/C=C2/SC(=S)N(C)C2=O)c(C)n1-c1ccccc1O. The van der Waals surface area contributed by atoms with Crippen molar-refractivity contribution in [2.75, 3.05) is 7.05 Å². The lowest BCUT2D eigenvalue weighted by Gasteiger charge is -2.11. The van der Waals surface area contributed by atoms with Crippen LogP contribution in [0.15, 0.2) is 35.2 Å². The van der Waals surface area contributed by atoms with Crippen molar-refractivity contribution < 1.29 is 9.90 Å². The van der Waals surface area contributed by atoms with Gasteiger partial charge in [-0.1, -0.05) is 36.1 Å². The highest BCUT2D eigenvalue weighted by molar-refractivity contribution is 8.26. The van der Waals surface area contributed by atoms with Crippen LogP contribution in [0.25, 0.3) is 11.8 Å². The summed E-state index contributed by atoms with van der Waals surface area (Å²) in [7, 11) is 1.68. The molecule has 0 atom stereocenters. The zero-order valence-electron chi connectivity index (χ0n) is 13.0. The van der Waals surface area contributed by atoms with Crippen LogP contribution in [0.5, 0.6) is 5.75 Å². The highest BCUT2D eigenvalue weighted by Crippen LogP contribution is 2.33. The molecule has 1 aliphatic rings. The second-order valence-corrected chi connectivity index (χ2v) is 7.07. The van der Waals surface area contributed by atoms with Crippen molar-refractivity contribution >= 4 is 40.3 Å². The van der Waals surface area contributed by atoms with E-state index in [1.165, 1.54) is 16.7 Å². The van der Waals surface area contributed by atoms with Gasteiger partial charge in [-0.15, -0.1) is 0 Å². The number of hydrogen-bond donors (Lipinski definition) is 1. The minimum atomic E-state index is -0.0765. The lowest BCUT2D eigenvalue weighted by atomic mass is 10.2. The largest absolute Gasteiger partial charge is 0.506 e. The molecule has 2 heterocycles. The number of nitrogens with zero attached hydrogens (tertiary/aromatic N) is 2. The summed E-state index contributed by atoms with van der Waals surface area (Å²) < 4.78 is 2.55. The second-order valence-electron chi connectivity index (χ2n) is 5.39. The Hall–Kier alpha value is -2.05. The Morgan fingerprint density at radius 2 is 1.96 bits per heavy atom. The Balaban J connectivity index is 2.08. The van der Waals surface area contributed by atoms with Gasteiger partial charge in [-0.2, -0.15) is 0 Å². The topological polar surface area (TPSA) is 45.5 Å². The number of carbonyl (C=O) groups is 1. The number of phenolic OH excluding ortho intramolecular Hbond substituents is 1. The molecule has 0 bridgehead atoms. The molecule has 0 aliphatic carbocycles. The molecule has 1 fully saturated rings. The van der Waals surface area contributed by atoms with Crippen LogP contribution in [-0.4, -0.2) is 31.8 Å². The molecule has 1 N–H and O–H groups in total. The van der Waals surface area contributed by atoms with Gasteiger partial charge in [0.25, 0.3) is 5.91 Å². The van der Waals surface area contributed by atoms with Crippen LogP contribution in [-0.2, 0) is 4.79 Å². The van der Waals surface area contributed by atoms with Crippen LogP contribution in [0.3, 0.4) is 0 Å². The van der Waals surface area contributed by atoms with E-state index in [0.29, 0.717) is 9.23 Å². The molecule has 0 spiro atoms. The average molecular weight is 344 g/mol. The first kappa shape index (κ1) is 15.8. The molecule has 1 aliphatic heterocycles. The van der Waals surface area contributed by atoms with Crippen molar-refractivity contribution in [3.05, 3.63) is 52.2 Å². The Kier molecular flexibility index (Phi) is 4.04. The normalized spacial score (nSPS) is 16.7. The highest BCUT2D eigenvalue weighted by Gasteiger charge is 2.29. The molecule has 4 nitrogen and oxygen atoms in total. The van der Waals surface area contributed by atoms with Gasteiger partial charge in [0, 0.05) is 18.4 Å². The van der Waals surface area contributed by atoms with Gasteiger partial charge in [-0.25, -0.2) is 0 Å². The number of phenols is 1. The number of benzene rings is 1. The standard InChI is InChI=1S/C17H16N2O2S2/c1-10-8-12(9-15-16(21)18(3)17(22)23-15)11(2)19(10)13-6-4-5-7-14(13)20/h4-9,20H,1-3H3/b15-9+. The molecule has 0 unspecified atom stereocenters. The zero-order chi connectivity index (χ0) is 16.7. The van der Waals surface area contributed by atoms with Crippen molar-refractivity contribution in [3.8, 4) is 11.4 Å². The van der Waals surface area contributed by atoms with Gasteiger partial charge in [-0.05, 0) is 43.7 Å². The predicted octanol–water partition coefficient (Wildman–Crippen LogP) is 3.63. The van der Waals surface area contributed by atoms with Crippen LogP contribution < -0.4 is 0 Å².